The molecule has 0 aromatic heterocycles. The molecule has 3 aliphatic heterocycles. The minimum Gasteiger partial charge on any atom is -0.486 e. The van der Waals surface area contributed by atoms with Gasteiger partial charge in [-0.1, -0.05) is 19.9 Å². The van der Waals surface area contributed by atoms with Crippen molar-refractivity contribution in [1.82, 2.24) is 10.2 Å². The molecule has 1 aromatic rings. The summed E-state index contributed by atoms with van der Waals surface area (Å²) in [7, 11) is 1.87. The number of hydrogen-bond acceptors (Lipinski definition) is 4. The van der Waals surface area contributed by atoms with Crippen LogP contribution in [-0.4, -0.2) is 64.0 Å². The Morgan fingerprint density at radius 2 is 2.00 bits per heavy atom. The highest BCUT2D eigenvalue weighted by Gasteiger charge is 2.42. The van der Waals surface area contributed by atoms with Gasteiger partial charge in [0.05, 0.1) is 6.61 Å². The molecule has 6 heteroatoms. The van der Waals surface area contributed by atoms with E-state index in [0.29, 0.717) is 18.6 Å². The first-order valence-electron chi connectivity index (χ1n) is 9.95. The van der Waals surface area contributed by atoms with E-state index in [1.54, 1.807) is 0 Å². The number of aliphatic imine (C=N–C) groups is 1. The number of ether oxygens (including phenoxy) is 3. The predicted molar refractivity (Wildman–Crippen MR) is 106 cm³/mol. The molecule has 27 heavy (non-hydrogen) atoms. The van der Waals surface area contributed by atoms with Gasteiger partial charge in [-0.2, -0.15) is 0 Å². The van der Waals surface area contributed by atoms with Gasteiger partial charge in [0.15, 0.2) is 17.5 Å². The Balaban J connectivity index is 1.40. The molecule has 1 N–H and O–H groups in total. The molecule has 0 amide bonds. The van der Waals surface area contributed by atoms with Crippen molar-refractivity contribution in [3.8, 4) is 11.5 Å². The normalized spacial score (nSPS) is 25.3. The van der Waals surface area contributed by atoms with Crippen molar-refractivity contribution in [3.63, 3.8) is 0 Å². The summed E-state index contributed by atoms with van der Waals surface area (Å²) in [6.45, 7) is 10.4. The van der Waals surface area contributed by atoms with Crippen LogP contribution in [0.4, 0.5) is 0 Å². The van der Waals surface area contributed by atoms with Crippen molar-refractivity contribution >= 4 is 5.96 Å². The lowest BCUT2D eigenvalue weighted by Gasteiger charge is -2.31. The molecular formula is C21H31N3O3. The van der Waals surface area contributed by atoms with Crippen LogP contribution in [0.5, 0.6) is 11.5 Å². The van der Waals surface area contributed by atoms with Crippen LogP contribution in [0.2, 0.25) is 0 Å². The summed E-state index contributed by atoms with van der Waals surface area (Å²) in [5, 5.41) is 3.60. The molecule has 0 aliphatic carbocycles. The molecule has 1 unspecified atom stereocenters. The predicted octanol–water partition coefficient (Wildman–Crippen LogP) is 2.42. The lowest BCUT2D eigenvalue weighted by atomic mass is 9.84. The van der Waals surface area contributed by atoms with E-state index in [2.05, 4.69) is 41.2 Å². The third-order valence-corrected chi connectivity index (χ3v) is 6.15. The monoisotopic (exact) mass is 373 g/mol. The third-order valence-electron chi connectivity index (χ3n) is 6.15. The molecule has 4 rings (SSSR count). The lowest BCUT2D eigenvalue weighted by Crippen LogP contribution is -2.45. The van der Waals surface area contributed by atoms with Gasteiger partial charge >= 0.3 is 0 Å². The van der Waals surface area contributed by atoms with E-state index in [0.717, 1.165) is 50.3 Å². The molecule has 1 atom stereocenters. The number of hydrogen-bond donors (Lipinski definition) is 1. The number of likely N-dealkylation sites (tertiary alicyclic amines) is 1. The Kier molecular flexibility index (Phi) is 4.93. The quantitative estimate of drug-likeness (QED) is 0.651. The maximum Gasteiger partial charge on any atom is 0.193 e. The van der Waals surface area contributed by atoms with Gasteiger partial charge in [0.2, 0.25) is 0 Å². The summed E-state index contributed by atoms with van der Waals surface area (Å²) in [5.74, 6) is 2.68. The molecule has 2 saturated heterocycles. The van der Waals surface area contributed by atoms with E-state index in [9.17, 15) is 0 Å². The van der Waals surface area contributed by atoms with Crippen LogP contribution in [0.3, 0.4) is 0 Å². The largest absolute Gasteiger partial charge is 0.486 e. The van der Waals surface area contributed by atoms with Crippen molar-refractivity contribution in [3.05, 3.63) is 23.8 Å². The van der Waals surface area contributed by atoms with Crippen LogP contribution in [0, 0.1) is 5.41 Å². The van der Waals surface area contributed by atoms with E-state index < -0.39 is 0 Å². The summed E-state index contributed by atoms with van der Waals surface area (Å²) in [6.07, 6.45) is 2.36. The maximum absolute atomic E-state index is 5.75. The second-order valence-electron chi connectivity index (χ2n) is 8.62. The number of fused-ring (bicyclic) bond motifs is 1. The Morgan fingerprint density at radius 3 is 2.74 bits per heavy atom. The molecular weight excluding hydrogens is 342 g/mol. The summed E-state index contributed by atoms with van der Waals surface area (Å²) >= 11 is 0. The number of nitrogens with zero attached hydrogens (tertiary/aromatic N) is 2. The van der Waals surface area contributed by atoms with Gasteiger partial charge in [-0.25, -0.2) is 0 Å². The van der Waals surface area contributed by atoms with Gasteiger partial charge in [-0.3, -0.25) is 4.99 Å². The van der Waals surface area contributed by atoms with Gasteiger partial charge in [0, 0.05) is 44.1 Å². The van der Waals surface area contributed by atoms with Crippen LogP contribution in [0.1, 0.15) is 32.3 Å². The van der Waals surface area contributed by atoms with Crippen LogP contribution < -0.4 is 14.8 Å². The lowest BCUT2D eigenvalue weighted by molar-refractivity contribution is 0.156. The summed E-state index contributed by atoms with van der Waals surface area (Å²) < 4.78 is 17.0. The molecule has 6 nitrogen and oxygen atoms in total. The molecule has 0 bridgehead atoms. The van der Waals surface area contributed by atoms with Crippen molar-refractivity contribution in [1.29, 1.82) is 0 Å². The molecule has 1 aromatic carbocycles. The second kappa shape index (κ2) is 7.23. The highest BCUT2D eigenvalue weighted by atomic mass is 16.6. The highest BCUT2D eigenvalue weighted by molar-refractivity contribution is 5.80. The summed E-state index contributed by atoms with van der Waals surface area (Å²) in [6, 6.07) is 6.27. The number of benzene rings is 1. The standard InChI is InChI=1S/C21H31N3O3/c1-20(2,16-4-5-17-18(12-16)27-11-10-26-17)13-23-19(22-3)24-8-6-21(14-24)7-9-25-15-21/h4-5,12H,6-11,13-15H2,1-3H3,(H,22,23). The summed E-state index contributed by atoms with van der Waals surface area (Å²) in [4.78, 5) is 6.92. The van der Waals surface area contributed by atoms with Crippen LogP contribution in [0.15, 0.2) is 23.2 Å². The molecule has 3 aliphatic rings. The van der Waals surface area contributed by atoms with E-state index in [-0.39, 0.29) is 5.41 Å². The van der Waals surface area contributed by atoms with Crippen LogP contribution in [0.25, 0.3) is 0 Å². The first-order chi connectivity index (χ1) is 13.0. The molecule has 0 saturated carbocycles. The zero-order valence-corrected chi connectivity index (χ0v) is 16.7. The molecule has 3 heterocycles. The fraction of sp³-hybridized carbons (Fsp3) is 0.667. The van der Waals surface area contributed by atoms with E-state index in [1.165, 1.54) is 18.4 Å². The van der Waals surface area contributed by atoms with Crippen molar-refractivity contribution in [2.75, 3.05) is 53.1 Å². The van der Waals surface area contributed by atoms with Gasteiger partial charge in [0.25, 0.3) is 0 Å². The highest BCUT2D eigenvalue weighted by Crippen LogP contribution is 2.38. The average Bonchev–Trinajstić information content (AvgIpc) is 3.32. The fourth-order valence-electron chi connectivity index (χ4n) is 4.29. The van der Waals surface area contributed by atoms with Gasteiger partial charge < -0.3 is 24.4 Å². The summed E-state index contributed by atoms with van der Waals surface area (Å²) in [5.41, 5.74) is 1.51. The molecule has 1 spiro atoms. The van der Waals surface area contributed by atoms with Crippen LogP contribution >= 0.6 is 0 Å². The number of guanidine groups is 1. The minimum atomic E-state index is -0.0559. The Labute approximate surface area is 161 Å². The van der Waals surface area contributed by atoms with Crippen molar-refractivity contribution in [2.45, 2.75) is 32.1 Å². The Hall–Kier alpha value is -1.95. The van der Waals surface area contributed by atoms with Crippen LogP contribution in [-0.2, 0) is 10.2 Å². The minimum absolute atomic E-state index is 0.0559. The van der Waals surface area contributed by atoms with E-state index in [4.69, 9.17) is 14.2 Å². The topological polar surface area (TPSA) is 55.3 Å². The molecule has 2 fully saturated rings. The average molecular weight is 373 g/mol. The zero-order chi connectivity index (χ0) is 18.9. The number of nitrogens with one attached hydrogen (secondary N) is 1. The SMILES string of the molecule is CN=C(NCC(C)(C)c1ccc2c(c1)OCCO2)N1CCC2(CCOC2)C1. The van der Waals surface area contributed by atoms with Gasteiger partial charge in [0.1, 0.15) is 13.2 Å². The van der Waals surface area contributed by atoms with Gasteiger partial charge in [-0.15, -0.1) is 0 Å². The smallest absolute Gasteiger partial charge is 0.193 e. The number of rotatable bonds is 3. The fourth-order valence-corrected chi connectivity index (χ4v) is 4.29. The molecule has 0 radical (unpaired) electrons. The van der Waals surface area contributed by atoms with Gasteiger partial charge in [-0.05, 0) is 30.5 Å². The zero-order valence-electron chi connectivity index (χ0n) is 16.7. The molecule has 148 valence electrons. The Morgan fingerprint density at radius 1 is 1.19 bits per heavy atom. The maximum atomic E-state index is 5.75. The second-order valence-corrected chi connectivity index (χ2v) is 8.62. The Bertz CT molecular complexity index is 711. The third kappa shape index (κ3) is 3.72. The first kappa shape index (κ1) is 18.4. The van der Waals surface area contributed by atoms with Crippen molar-refractivity contribution in [2.24, 2.45) is 10.4 Å². The van der Waals surface area contributed by atoms with E-state index >= 15 is 0 Å². The van der Waals surface area contributed by atoms with Crippen molar-refractivity contribution < 1.29 is 14.2 Å². The first-order valence-corrected chi connectivity index (χ1v) is 9.95. The van der Waals surface area contributed by atoms with E-state index in [1.807, 2.05) is 13.1 Å².